The lowest BCUT2D eigenvalue weighted by Crippen LogP contribution is -2.34. The fraction of sp³-hybridized carbons (Fsp3) is 0.600. The van der Waals surface area contributed by atoms with Crippen molar-refractivity contribution in [3.8, 4) is 0 Å². The minimum atomic E-state index is -0.276. The zero-order valence-corrected chi connectivity index (χ0v) is 16.3. The third kappa shape index (κ3) is 6.61. The summed E-state index contributed by atoms with van der Waals surface area (Å²) in [7, 11) is 0. The van der Waals surface area contributed by atoms with Crippen LogP contribution in [0.25, 0.3) is 0 Å². The molecule has 1 heterocycles. The second-order valence-electron chi connectivity index (χ2n) is 6.58. The van der Waals surface area contributed by atoms with Gasteiger partial charge in [0.15, 0.2) is 0 Å². The summed E-state index contributed by atoms with van der Waals surface area (Å²) < 4.78 is 4.98. The smallest absolute Gasteiger partial charge is 0.307 e. The molecule has 1 aromatic carbocycles. The van der Waals surface area contributed by atoms with Crippen molar-refractivity contribution in [2.75, 3.05) is 39.3 Å². The lowest BCUT2D eigenvalue weighted by atomic mass is 10.1. The Kier molecular flexibility index (Phi) is 8.92. The molecule has 1 amide bonds. The number of rotatable bonds is 10. The van der Waals surface area contributed by atoms with Crippen molar-refractivity contribution >= 4 is 23.5 Å². The number of amides is 1. The number of ether oxygens (including phenoxy) is 1. The van der Waals surface area contributed by atoms with E-state index >= 15 is 0 Å². The van der Waals surface area contributed by atoms with Crippen LogP contribution in [0.1, 0.15) is 49.4 Å². The molecule has 2 rings (SSSR count). The summed E-state index contributed by atoms with van der Waals surface area (Å²) in [6.45, 7) is 6.56. The van der Waals surface area contributed by atoms with E-state index in [4.69, 9.17) is 16.3 Å². The number of unbranched alkanes of at least 4 members (excludes halogenated alkanes) is 1. The molecule has 0 saturated carbocycles. The Morgan fingerprint density at radius 1 is 1.15 bits per heavy atom. The monoisotopic (exact) mass is 380 g/mol. The Morgan fingerprint density at radius 2 is 1.88 bits per heavy atom. The summed E-state index contributed by atoms with van der Waals surface area (Å²) in [5, 5.41) is 0.440. The topological polar surface area (TPSA) is 49.9 Å². The van der Waals surface area contributed by atoms with Gasteiger partial charge in [-0.05, 0) is 64.4 Å². The Hall–Kier alpha value is -1.59. The zero-order valence-electron chi connectivity index (χ0n) is 15.6. The molecule has 1 fully saturated rings. The van der Waals surface area contributed by atoms with Crippen LogP contribution in [-0.2, 0) is 9.53 Å². The first-order chi connectivity index (χ1) is 12.6. The summed E-state index contributed by atoms with van der Waals surface area (Å²) in [6, 6.07) is 7.05. The highest BCUT2D eigenvalue weighted by atomic mass is 35.5. The molecule has 1 aliphatic heterocycles. The van der Waals surface area contributed by atoms with Crippen LogP contribution in [-0.4, -0.2) is 61.0 Å². The summed E-state index contributed by atoms with van der Waals surface area (Å²) in [5.41, 5.74) is 0.484. The Bertz CT molecular complexity index is 588. The van der Waals surface area contributed by atoms with E-state index in [0.29, 0.717) is 30.3 Å². The second-order valence-corrected chi connectivity index (χ2v) is 6.99. The zero-order chi connectivity index (χ0) is 18.8. The fourth-order valence-corrected chi connectivity index (χ4v) is 3.44. The molecule has 0 bridgehead atoms. The first kappa shape index (κ1) is 20.7. The summed E-state index contributed by atoms with van der Waals surface area (Å²) in [4.78, 5) is 28.7. The molecule has 0 unspecified atom stereocenters. The van der Waals surface area contributed by atoms with Crippen molar-refractivity contribution in [3.05, 3.63) is 34.9 Å². The highest BCUT2D eigenvalue weighted by molar-refractivity contribution is 6.33. The molecule has 1 aromatic rings. The minimum absolute atomic E-state index is 0.124. The van der Waals surface area contributed by atoms with E-state index in [1.165, 1.54) is 25.9 Å². The molecular formula is C20H29ClN2O3. The maximum absolute atomic E-state index is 12.9. The quantitative estimate of drug-likeness (QED) is 0.459. The summed E-state index contributed by atoms with van der Waals surface area (Å²) in [6.07, 6.45) is 4.74. The summed E-state index contributed by atoms with van der Waals surface area (Å²) in [5.74, 6) is -0.400. The van der Waals surface area contributed by atoms with Gasteiger partial charge >= 0.3 is 5.97 Å². The van der Waals surface area contributed by atoms with Crippen LogP contribution in [0.4, 0.5) is 0 Å². The van der Waals surface area contributed by atoms with E-state index in [-0.39, 0.29) is 18.3 Å². The predicted molar refractivity (Wildman–Crippen MR) is 104 cm³/mol. The number of hydrogen-bond acceptors (Lipinski definition) is 4. The predicted octanol–water partition coefficient (Wildman–Crippen LogP) is 3.61. The Morgan fingerprint density at radius 3 is 2.58 bits per heavy atom. The van der Waals surface area contributed by atoms with E-state index in [9.17, 15) is 9.59 Å². The summed E-state index contributed by atoms with van der Waals surface area (Å²) >= 11 is 6.18. The van der Waals surface area contributed by atoms with E-state index in [1.807, 2.05) is 0 Å². The van der Waals surface area contributed by atoms with Gasteiger partial charge in [0.1, 0.15) is 0 Å². The molecular weight excluding hydrogens is 352 g/mol. The van der Waals surface area contributed by atoms with Crippen molar-refractivity contribution in [3.63, 3.8) is 0 Å². The average molecular weight is 381 g/mol. The number of likely N-dealkylation sites (tertiary alicyclic amines) is 1. The number of benzene rings is 1. The van der Waals surface area contributed by atoms with Crippen LogP contribution in [0, 0.1) is 0 Å². The van der Waals surface area contributed by atoms with Crippen molar-refractivity contribution in [2.45, 2.75) is 39.0 Å². The lowest BCUT2D eigenvalue weighted by molar-refractivity contribution is -0.143. The van der Waals surface area contributed by atoms with Crippen LogP contribution in [0.5, 0.6) is 0 Å². The SMILES string of the molecule is CCOC(=O)CCN(CCCCN1CCCC1)C(=O)c1ccccc1Cl. The minimum Gasteiger partial charge on any atom is -0.466 e. The molecule has 1 saturated heterocycles. The van der Waals surface area contributed by atoms with E-state index in [0.717, 1.165) is 19.4 Å². The van der Waals surface area contributed by atoms with Gasteiger partial charge in [-0.15, -0.1) is 0 Å². The number of nitrogens with zero attached hydrogens (tertiary/aromatic N) is 2. The number of hydrogen-bond donors (Lipinski definition) is 0. The van der Waals surface area contributed by atoms with Gasteiger partial charge in [0.2, 0.25) is 0 Å². The molecule has 26 heavy (non-hydrogen) atoms. The normalized spacial score (nSPS) is 14.4. The van der Waals surface area contributed by atoms with Crippen LogP contribution >= 0.6 is 11.6 Å². The Balaban J connectivity index is 1.90. The number of esters is 1. The van der Waals surface area contributed by atoms with Gasteiger partial charge in [0.25, 0.3) is 5.91 Å². The molecule has 144 valence electrons. The van der Waals surface area contributed by atoms with Crippen LogP contribution in [0.2, 0.25) is 5.02 Å². The fourth-order valence-electron chi connectivity index (χ4n) is 3.22. The van der Waals surface area contributed by atoms with E-state index < -0.39 is 0 Å². The van der Waals surface area contributed by atoms with Gasteiger partial charge < -0.3 is 14.5 Å². The molecule has 0 aliphatic carbocycles. The number of carbonyl (C=O) groups excluding carboxylic acids is 2. The first-order valence-corrected chi connectivity index (χ1v) is 9.91. The molecule has 5 nitrogen and oxygen atoms in total. The average Bonchev–Trinajstić information content (AvgIpc) is 3.14. The molecule has 0 spiro atoms. The molecule has 0 atom stereocenters. The van der Waals surface area contributed by atoms with Gasteiger partial charge in [0, 0.05) is 13.1 Å². The van der Waals surface area contributed by atoms with Crippen molar-refractivity contribution in [2.24, 2.45) is 0 Å². The lowest BCUT2D eigenvalue weighted by Gasteiger charge is -2.23. The van der Waals surface area contributed by atoms with Crippen molar-refractivity contribution < 1.29 is 14.3 Å². The van der Waals surface area contributed by atoms with Crippen LogP contribution in [0.15, 0.2) is 24.3 Å². The standard InChI is InChI=1S/C20H29ClN2O3/c1-2-26-19(24)11-16-23(15-8-7-14-22-12-5-6-13-22)20(25)17-9-3-4-10-18(17)21/h3-4,9-10H,2,5-8,11-16H2,1H3. The maximum atomic E-state index is 12.9. The van der Waals surface area contributed by atoms with Gasteiger partial charge in [-0.2, -0.15) is 0 Å². The van der Waals surface area contributed by atoms with Crippen LogP contribution in [0.3, 0.4) is 0 Å². The van der Waals surface area contributed by atoms with Gasteiger partial charge in [0.05, 0.1) is 23.6 Å². The highest BCUT2D eigenvalue weighted by Crippen LogP contribution is 2.18. The first-order valence-electron chi connectivity index (χ1n) is 9.53. The van der Waals surface area contributed by atoms with Gasteiger partial charge in [-0.25, -0.2) is 0 Å². The number of carbonyl (C=O) groups is 2. The number of halogens is 1. The van der Waals surface area contributed by atoms with Gasteiger partial charge in [-0.1, -0.05) is 23.7 Å². The molecule has 0 aromatic heterocycles. The third-order valence-electron chi connectivity index (χ3n) is 4.63. The highest BCUT2D eigenvalue weighted by Gasteiger charge is 2.19. The Labute approximate surface area is 161 Å². The van der Waals surface area contributed by atoms with Gasteiger partial charge in [-0.3, -0.25) is 9.59 Å². The van der Waals surface area contributed by atoms with Crippen molar-refractivity contribution in [1.82, 2.24) is 9.80 Å². The molecule has 1 aliphatic rings. The largest absolute Gasteiger partial charge is 0.466 e. The van der Waals surface area contributed by atoms with Crippen LogP contribution < -0.4 is 0 Å². The van der Waals surface area contributed by atoms with E-state index in [1.54, 1.807) is 36.1 Å². The maximum Gasteiger partial charge on any atom is 0.307 e. The molecule has 6 heteroatoms. The van der Waals surface area contributed by atoms with Crippen molar-refractivity contribution in [1.29, 1.82) is 0 Å². The third-order valence-corrected chi connectivity index (χ3v) is 4.96. The second kappa shape index (κ2) is 11.2. The van der Waals surface area contributed by atoms with E-state index in [2.05, 4.69) is 4.90 Å². The molecule has 0 radical (unpaired) electrons. The molecule has 0 N–H and O–H groups in total.